The van der Waals surface area contributed by atoms with Gasteiger partial charge in [0.05, 0.1) is 11.4 Å². The Morgan fingerprint density at radius 1 is 1.24 bits per heavy atom. The number of carbonyl (C=O) groups excluding carboxylic acids is 1. The van der Waals surface area contributed by atoms with E-state index in [0.717, 1.165) is 61.3 Å². The molecule has 1 saturated carbocycles. The summed E-state index contributed by atoms with van der Waals surface area (Å²) in [5.41, 5.74) is 2.41. The third-order valence-corrected chi connectivity index (χ3v) is 6.82. The van der Waals surface area contributed by atoms with Crippen LogP contribution in [0.3, 0.4) is 0 Å². The summed E-state index contributed by atoms with van der Waals surface area (Å²) in [7, 11) is 0. The molecule has 154 valence electrons. The monoisotopic (exact) mass is 396 g/mol. The van der Waals surface area contributed by atoms with Gasteiger partial charge in [-0.05, 0) is 38.5 Å². The molecular weight excluding hydrogens is 368 g/mol. The fourth-order valence-corrected chi connectivity index (χ4v) is 4.75. The van der Waals surface area contributed by atoms with Crippen LogP contribution in [-0.4, -0.2) is 39.0 Å². The van der Waals surface area contributed by atoms with Gasteiger partial charge in [0.25, 0.3) is 11.5 Å². The van der Waals surface area contributed by atoms with Gasteiger partial charge in [0, 0.05) is 41.5 Å². The number of aromatic nitrogens is 3. The van der Waals surface area contributed by atoms with E-state index in [9.17, 15) is 9.59 Å². The van der Waals surface area contributed by atoms with E-state index < -0.39 is 0 Å². The zero-order valence-corrected chi connectivity index (χ0v) is 17.4. The fourth-order valence-electron chi connectivity index (χ4n) is 4.75. The molecule has 1 saturated heterocycles. The van der Waals surface area contributed by atoms with E-state index in [1.165, 1.54) is 0 Å². The van der Waals surface area contributed by atoms with Crippen molar-refractivity contribution in [1.29, 1.82) is 0 Å². The highest BCUT2D eigenvalue weighted by molar-refractivity contribution is 5.91. The predicted octanol–water partition coefficient (Wildman–Crippen LogP) is 3.05. The number of hydrogen-bond donors (Lipinski definition) is 1. The van der Waals surface area contributed by atoms with Crippen molar-refractivity contribution in [2.24, 2.45) is 0 Å². The third kappa shape index (κ3) is 3.11. The van der Waals surface area contributed by atoms with Crippen molar-refractivity contribution in [1.82, 2.24) is 20.0 Å². The number of fused-ring (bicyclic) bond motifs is 2. The Labute approximate surface area is 169 Å². The van der Waals surface area contributed by atoms with Gasteiger partial charge in [-0.25, -0.2) is 4.98 Å². The van der Waals surface area contributed by atoms with Crippen LogP contribution >= 0.6 is 0 Å². The predicted molar refractivity (Wildman–Crippen MR) is 107 cm³/mol. The number of nitrogens with zero attached hydrogens (tertiary/aromatic N) is 3. The second kappa shape index (κ2) is 6.28. The number of amides is 1. The van der Waals surface area contributed by atoms with E-state index in [1.54, 1.807) is 0 Å². The molecule has 1 N–H and O–H groups in total. The van der Waals surface area contributed by atoms with Crippen LogP contribution in [0.15, 0.2) is 15.4 Å². The van der Waals surface area contributed by atoms with Gasteiger partial charge < -0.3 is 14.4 Å². The lowest BCUT2D eigenvalue weighted by atomic mass is 9.76. The molecule has 0 unspecified atom stereocenters. The van der Waals surface area contributed by atoms with E-state index in [0.29, 0.717) is 24.8 Å². The molecule has 2 aliphatic carbocycles. The summed E-state index contributed by atoms with van der Waals surface area (Å²) in [4.78, 5) is 35.3. The van der Waals surface area contributed by atoms with Crippen LogP contribution in [0.5, 0.6) is 0 Å². The molecule has 3 heterocycles. The van der Waals surface area contributed by atoms with Crippen molar-refractivity contribution in [2.45, 2.75) is 76.0 Å². The molecule has 0 radical (unpaired) electrons. The molecule has 3 aliphatic rings. The molecule has 29 heavy (non-hydrogen) atoms. The Bertz CT molecular complexity index is 1020. The van der Waals surface area contributed by atoms with Crippen molar-refractivity contribution in [3.05, 3.63) is 45.0 Å². The maximum absolute atomic E-state index is 12.9. The van der Waals surface area contributed by atoms with Crippen LogP contribution in [0, 0.1) is 0 Å². The topological polar surface area (TPSA) is 92.1 Å². The van der Waals surface area contributed by atoms with Crippen LogP contribution in [0.1, 0.15) is 92.1 Å². The first kappa shape index (κ1) is 18.6. The van der Waals surface area contributed by atoms with Crippen LogP contribution in [0.2, 0.25) is 0 Å². The number of likely N-dealkylation sites (tertiary alicyclic amines) is 1. The molecule has 2 aromatic heterocycles. The summed E-state index contributed by atoms with van der Waals surface area (Å²) < 4.78 is 5.32. The molecular formula is C22H28N4O3. The average Bonchev–Trinajstić information content (AvgIpc) is 3.31. The Morgan fingerprint density at radius 2 is 1.97 bits per heavy atom. The molecule has 0 aromatic carbocycles. The standard InChI is InChI=1S/C22H28N4O3/c1-21(2,3)20-23-17-14(18(27)24-20)6-7-22(17)8-10-26(11-9-22)19(28)16-12-15(25-29-16)13-4-5-13/h12-13H,4-11H2,1-3H3,(H,23,24,27). The summed E-state index contributed by atoms with van der Waals surface area (Å²) >= 11 is 0. The van der Waals surface area contributed by atoms with Crippen LogP contribution in [-0.2, 0) is 17.3 Å². The lowest BCUT2D eigenvalue weighted by Gasteiger charge is -2.39. The number of piperidine rings is 1. The highest BCUT2D eigenvalue weighted by Crippen LogP contribution is 2.45. The molecule has 2 fully saturated rings. The normalized spacial score (nSPS) is 20.9. The number of rotatable bonds is 2. The van der Waals surface area contributed by atoms with Gasteiger partial charge in [0.15, 0.2) is 0 Å². The van der Waals surface area contributed by atoms with Gasteiger partial charge in [-0.1, -0.05) is 25.9 Å². The molecule has 0 atom stereocenters. The summed E-state index contributed by atoms with van der Waals surface area (Å²) in [5, 5.41) is 4.07. The second-order valence-electron chi connectivity index (χ2n) is 9.95. The van der Waals surface area contributed by atoms with Gasteiger partial charge in [0.1, 0.15) is 5.82 Å². The summed E-state index contributed by atoms with van der Waals surface area (Å²) in [5.74, 6) is 1.49. The molecule has 5 rings (SSSR count). The first-order valence-electron chi connectivity index (χ1n) is 10.7. The minimum Gasteiger partial charge on any atom is -0.351 e. The molecule has 1 spiro atoms. The Balaban J connectivity index is 1.36. The Hall–Kier alpha value is -2.44. The van der Waals surface area contributed by atoms with Crippen LogP contribution < -0.4 is 5.56 Å². The molecule has 7 heteroatoms. The lowest BCUT2D eigenvalue weighted by molar-refractivity contribution is 0.0622. The molecule has 7 nitrogen and oxygen atoms in total. The SMILES string of the molecule is CC(C)(C)c1nc2c(c(=O)[nH]1)CCC21CCN(C(=O)c2cc(C3CC3)no2)CC1. The van der Waals surface area contributed by atoms with E-state index >= 15 is 0 Å². The van der Waals surface area contributed by atoms with Gasteiger partial charge in [-0.2, -0.15) is 0 Å². The number of aromatic amines is 1. The van der Waals surface area contributed by atoms with Crippen molar-refractivity contribution in [2.75, 3.05) is 13.1 Å². The average molecular weight is 396 g/mol. The van der Waals surface area contributed by atoms with Crippen LogP contribution in [0.25, 0.3) is 0 Å². The maximum atomic E-state index is 12.9. The Kier molecular flexibility index (Phi) is 4.02. The van der Waals surface area contributed by atoms with Gasteiger partial charge in [0.2, 0.25) is 5.76 Å². The number of hydrogen-bond acceptors (Lipinski definition) is 5. The van der Waals surface area contributed by atoms with Gasteiger partial charge in [-0.3, -0.25) is 9.59 Å². The van der Waals surface area contributed by atoms with Crippen molar-refractivity contribution < 1.29 is 9.32 Å². The summed E-state index contributed by atoms with van der Waals surface area (Å²) in [6, 6.07) is 1.81. The summed E-state index contributed by atoms with van der Waals surface area (Å²) in [6.07, 6.45) is 5.62. The third-order valence-electron chi connectivity index (χ3n) is 6.82. The first-order chi connectivity index (χ1) is 13.8. The minimum atomic E-state index is -0.208. The van der Waals surface area contributed by atoms with Crippen LogP contribution in [0.4, 0.5) is 0 Å². The van der Waals surface area contributed by atoms with Gasteiger partial charge >= 0.3 is 0 Å². The van der Waals surface area contributed by atoms with Gasteiger partial charge in [-0.15, -0.1) is 0 Å². The number of carbonyl (C=O) groups is 1. The molecule has 2 aromatic rings. The van der Waals surface area contributed by atoms with E-state index in [1.807, 2.05) is 11.0 Å². The molecule has 1 amide bonds. The first-order valence-corrected chi connectivity index (χ1v) is 10.7. The lowest BCUT2D eigenvalue weighted by Crippen LogP contribution is -2.45. The van der Waals surface area contributed by atoms with E-state index in [2.05, 4.69) is 30.9 Å². The highest BCUT2D eigenvalue weighted by atomic mass is 16.5. The van der Waals surface area contributed by atoms with E-state index in [-0.39, 0.29) is 22.3 Å². The second-order valence-corrected chi connectivity index (χ2v) is 9.95. The number of nitrogens with one attached hydrogen (secondary N) is 1. The van der Waals surface area contributed by atoms with Crippen molar-refractivity contribution >= 4 is 5.91 Å². The highest BCUT2D eigenvalue weighted by Gasteiger charge is 2.45. The zero-order chi connectivity index (χ0) is 20.4. The van der Waals surface area contributed by atoms with E-state index in [4.69, 9.17) is 9.51 Å². The zero-order valence-electron chi connectivity index (χ0n) is 17.4. The smallest absolute Gasteiger partial charge is 0.292 e. The van der Waals surface area contributed by atoms with Crippen molar-refractivity contribution in [3.8, 4) is 0 Å². The number of H-pyrrole nitrogens is 1. The molecule has 0 bridgehead atoms. The fraction of sp³-hybridized carbons (Fsp3) is 0.636. The quantitative estimate of drug-likeness (QED) is 0.842. The molecule has 1 aliphatic heterocycles. The Morgan fingerprint density at radius 3 is 2.62 bits per heavy atom. The maximum Gasteiger partial charge on any atom is 0.292 e. The summed E-state index contributed by atoms with van der Waals surface area (Å²) in [6.45, 7) is 7.49. The largest absolute Gasteiger partial charge is 0.351 e. The van der Waals surface area contributed by atoms with Crippen molar-refractivity contribution in [3.63, 3.8) is 0 Å². The minimum absolute atomic E-state index is 0.00423.